The molecule has 0 saturated heterocycles. The monoisotopic (exact) mass is 340 g/mol. The Balaban J connectivity index is 2.05. The first-order valence-corrected chi connectivity index (χ1v) is 6.99. The highest BCUT2D eigenvalue weighted by atomic mass is 35.5. The molecule has 0 aliphatic carbocycles. The molecule has 0 atom stereocenters. The van der Waals surface area contributed by atoms with Gasteiger partial charge in [0.2, 0.25) is 0 Å². The first-order valence-electron chi connectivity index (χ1n) is 6.20. The number of carbonyl (C=O) groups excluding carboxylic acids is 1. The van der Waals surface area contributed by atoms with Crippen LogP contribution in [0.5, 0.6) is 0 Å². The average molecular weight is 341 g/mol. The molecule has 0 fully saturated rings. The van der Waals surface area contributed by atoms with Crippen molar-refractivity contribution < 1.29 is 13.6 Å². The highest BCUT2D eigenvalue weighted by Crippen LogP contribution is 2.17. The van der Waals surface area contributed by atoms with Gasteiger partial charge in [-0.3, -0.25) is 10.1 Å². The van der Waals surface area contributed by atoms with Crippen LogP contribution < -0.4 is 10.6 Å². The topological polar surface area (TPSA) is 41.1 Å². The lowest BCUT2D eigenvalue weighted by molar-refractivity contribution is 0.0977. The normalized spacial score (nSPS) is 10.2. The van der Waals surface area contributed by atoms with Crippen LogP contribution in [0.3, 0.4) is 0 Å². The predicted octanol–water partition coefficient (Wildman–Crippen LogP) is 4.05. The van der Waals surface area contributed by atoms with Crippen LogP contribution in [0.4, 0.5) is 14.5 Å². The van der Waals surface area contributed by atoms with Crippen LogP contribution in [0.2, 0.25) is 5.02 Å². The number of benzene rings is 2. The summed E-state index contributed by atoms with van der Waals surface area (Å²) >= 11 is 10.9. The highest BCUT2D eigenvalue weighted by Gasteiger charge is 2.11. The third-order valence-electron chi connectivity index (χ3n) is 2.84. The third-order valence-corrected chi connectivity index (χ3v) is 3.45. The number of amides is 1. The summed E-state index contributed by atoms with van der Waals surface area (Å²) < 4.78 is 26.3. The lowest BCUT2D eigenvalue weighted by Gasteiger charge is -2.10. The van der Waals surface area contributed by atoms with Gasteiger partial charge < -0.3 is 5.32 Å². The average Bonchev–Trinajstić information content (AvgIpc) is 2.45. The number of halogens is 3. The molecule has 0 unspecified atom stereocenters. The number of thiocarbonyl (C=S) groups is 1. The van der Waals surface area contributed by atoms with Gasteiger partial charge in [-0.2, -0.15) is 0 Å². The van der Waals surface area contributed by atoms with Crippen molar-refractivity contribution in [3.05, 3.63) is 64.2 Å². The predicted molar refractivity (Wildman–Crippen MR) is 86.2 cm³/mol. The molecule has 22 heavy (non-hydrogen) atoms. The van der Waals surface area contributed by atoms with Gasteiger partial charge in [0, 0.05) is 16.7 Å². The van der Waals surface area contributed by atoms with Gasteiger partial charge >= 0.3 is 0 Å². The molecule has 3 nitrogen and oxygen atoms in total. The van der Waals surface area contributed by atoms with Crippen molar-refractivity contribution in [3.63, 3.8) is 0 Å². The number of hydrogen-bond donors (Lipinski definition) is 2. The van der Waals surface area contributed by atoms with E-state index >= 15 is 0 Å². The van der Waals surface area contributed by atoms with Crippen molar-refractivity contribution in [3.8, 4) is 0 Å². The summed E-state index contributed by atoms with van der Waals surface area (Å²) in [7, 11) is 0. The van der Waals surface area contributed by atoms with Crippen LogP contribution in [0, 0.1) is 18.6 Å². The summed E-state index contributed by atoms with van der Waals surface area (Å²) in [5, 5.41) is 5.23. The number of nitrogens with one attached hydrogen (secondary N) is 2. The van der Waals surface area contributed by atoms with Crippen molar-refractivity contribution in [1.29, 1.82) is 0 Å². The van der Waals surface area contributed by atoms with Crippen molar-refractivity contribution in [2.75, 3.05) is 5.32 Å². The Labute approximate surface area is 136 Å². The van der Waals surface area contributed by atoms with E-state index in [0.29, 0.717) is 16.7 Å². The summed E-state index contributed by atoms with van der Waals surface area (Å²) in [6.07, 6.45) is 0. The quantitative estimate of drug-likeness (QED) is 0.810. The summed E-state index contributed by atoms with van der Waals surface area (Å²) in [6, 6.07) is 7.78. The first kappa shape index (κ1) is 16.3. The molecular weight excluding hydrogens is 330 g/mol. The Morgan fingerprint density at radius 1 is 1.18 bits per heavy atom. The van der Waals surface area contributed by atoms with E-state index in [1.807, 2.05) is 6.92 Å². The van der Waals surface area contributed by atoms with Crippen LogP contribution in [0.15, 0.2) is 36.4 Å². The highest BCUT2D eigenvalue weighted by molar-refractivity contribution is 7.80. The molecule has 2 N–H and O–H groups in total. The molecular formula is C15H11ClF2N2OS. The maximum atomic E-state index is 13.5. The molecule has 2 aromatic carbocycles. The van der Waals surface area contributed by atoms with Gasteiger partial charge in [0.25, 0.3) is 5.91 Å². The number of rotatable bonds is 2. The Kier molecular flexibility index (Phi) is 5.05. The molecule has 0 spiro atoms. The minimum absolute atomic E-state index is 0.0337. The molecule has 0 bridgehead atoms. The van der Waals surface area contributed by atoms with E-state index < -0.39 is 17.5 Å². The third kappa shape index (κ3) is 3.99. The zero-order chi connectivity index (χ0) is 16.3. The minimum Gasteiger partial charge on any atom is -0.330 e. The standard InChI is InChI=1S/C15H11ClF2N2OS/c1-8-2-3-9(6-11(8)16)14(21)20-15(22)19-13-5-4-10(17)7-12(13)18/h2-7H,1H3,(H2,19,20,21,22). The van der Waals surface area contributed by atoms with Gasteiger partial charge in [-0.05, 0) is 49.0 Å². The van der Waals surface area contributed by atoms with Crippen LogP contribution in [0.25, 0.3) is 0 Å². The molecule has 0 saturated carbocycles. The SMILES string of the molecule is Cc1ccc(C(=O)NC(=S)Nc2ccc(F)cc2F)cc1Cl. The number of carbonyl (C=O) groups is 1. The first-order chi connectivity index (χ1) is 10.4. The van der Waals surface area contributed by atoms with E-state index in [9.17, 15) is 13.6 Å². The Hall–Kier alpha value is -2.05. The number of anilines is 1. The largest absolute Gasteiger partial charge is 0.330 e. The van der Waals surface area contributed by atoms with Gasteiger partial charge in [0.1, 0.15) is 11.6 Å². The second kappa shape index (κ2) is 6.81. The van der Waals surface area contributed by atoms with E-state index in [1.165, 1.54) is 12.1 Å². The van der Waals surface area contributed by atoms with Crippen LogP contribution >= 0.6 is 23.8 Å². The fraction of sp³-hybridized carbons (Fsp3) is 0.0667. The second-order valence-corrected chi connectivity index (χ2v) is 5.31. The van der Waals surface area contributed by atoms with E-state index in [1.54, 1.807) is 12.1 Å². The summed E-state index contributed by atoms with van der Waals surface area (Å²) in [4.78, 5) is 12.0. The van der Waals surface area contributed by atoms with Gasteiger partial charge in [-0.15, -0.1) is 0 Å². The maximum absolute atomic E-state index is 13.5. The molecule has 0 aliphatic rings. The molecule has 0 heterocycles. The van der Waals surface area contributed by atoms with Gasteiger partial charge in [-0.25, -0.2) is 8.78 Å². The molecule has 114 valence electrons. The van der Waals surface area contributed by atoms with E-state index in [0.717, 1.165) is 11.6 Å². The molecule has 0 aliphatic heterocycles. The molecule has 1 amide bonds. The van der Waals surface area contributed by atoms with Crippen LogP contribution in [-0.4, -0.2) is 11.0 Å². The summed E-state index contributed by atoms with van der Waals surface area (Å²) in [6.45, 7) is 1.81. The molecule has 2 rings (SSSR count). The Bertz CT molecular complexity index is 752. The molecule has 7 heteroatoms. The lowest BCUT2D eigenvalue weighted by atomic mass is 10.1. The van der Waals surface area contributed by atoms with E-state index in [4.69, 9.17) is 23.8 Å². The zero-order valence-corrected chi connectivity index (χ0v) is 13.0. The Morgan fingerprint density at radius 3 is 2.55 bits per heavy atom. The van der Waals surface area contributed by atoms with Gasteiger partial charge in [0.05, 0.1) is 5.69 Å². The maximum Gasteiger partial charge on any atom is 0.257 e. The fourth-order valence-electron chi connectivity index (χ4n) is 1.65. The second-order valence-electron chi connectivity index (χ2n) is 4.50. The van der Waals surface area contributed by atoms with Crippen molar-refractivity contribution in [1.82, 2.24) is 5.32 Å². The summed E-state index contributed by atoms with van der Waals surface area (Å²) in [5.41, 5.74) is 1.13. The number of hydrogen-bond acceptors (Lipinski definition) is 2. The van der Waals surface area contributed by atoms with Gasteiger partial charge in [-0.1, -0.05) is 17.7 Å². The van der Waals surface area contributed by atoms with Gasteiger partial charge in [0.15, 0.2) is 5.11 Å². The summed E-state index contributed by atoms with van der Waals surface area (Å²) in [5.74, 6) is -2.00. The van der Waals surface area contributed by atoms with Crippen LogP contribution in [-0.2, 0) is 0 Å². The Morgan fingerprint density at radius 2 is 1.91 bits per heavy atom. The molecule has 0 aromatic heterocycles. The fourth-order valence-corrected chi connectivity index (χ4v) is 2.04. The lowest BCUT2D eigenvalue weighted by Crippen LogP contribution is -2.34. The number of aryl methyl sites for hydroxylation is 1. The van der Waals surface area contributed by atoms with Crippen molar-refractivity contribution >= 4 is 40.5 Å². The molecule has 0 radical (unpaired) electrons. The van der Waals surface area contributed by atoms with E-state index in [-0.39, 0.29) is 10.8 Å². The van der Waals surface area contributed by atoms with E-state index in [2.05, 4.69) is 10.6 Å². The van der Waals surface area contributed by atoms with Crippen LogP contribution in [0.1, 0.15) is 15.9 Å². The minimum atomic E-state index is -0.810. The van der Waals surface area contributed by atoms with Crippen molar-refractivity contribution in [2.24, 2.45) is 0 Å². The smallest absolute Gasteiger partial charge is 0.257 e. The molecule has 2 aromatic rings. The zero-order valence-electron chi connectivity index (χ0n) is 11.4. The van der Waals surface area contributed by atoms with Crippen molar-refractivity contribution in [2.45, 2.75) is 6.92 Å².